The lowest BCUT2D eigenvalue weighted by Gasteiger charge is -2.22. The van der Waals surface area contributed by atoms with Crippen LogP contribution in [0.4, 0.5) is 0 Å². The third-order valence-electron chi connectivity index (χ3n) is 4.00. The van der Waals surface area contributed by atoms with E-state index in [9.17, 15) is 9.59 Å². The molecule has 0 aliphatic carbocycles. The van der Waals surface area contributed by atoms with Crippen molar-refractivity contribution in [2.24, 2.45) is 5.92 Å². The summed E-state index contributed by atoms with van der Waals surface area (Å²) in [5.74, 6) is -0.207. The first-order valence-corrected chi connectivity index (χ1v) is 7.61. The van der Waals surface area contributed by atoms with Crippen LogP contribution in [0.2, 0.25) is 0 Å². The minimum absolute atomic E-state index is 0.0180. The molecule has 0 spiro atoms. The van der Waals surface area contributed by atoms with Crippen LogP contribution >= 0.6 is 0 Å². The number of aromatic nitrogens is 1. The van der Waals surface area contributed by atoms with E-state index in [0.717, 1.165) is 17.9 Å². The molecule has 1 atom stereocenters. The van der Waals surface area contributed by atoms with Crippen molar-refractivity contribution in [1.29, 1.82) is 0 Å². The van der Waals surface area contributed by atoms with Crippen molar-refractivity contribution in [2.45, 2.75) is 20.4 Å². The number of carbonyl (C=O) groups is 2. The molecule has 22 heavy (non-hydrogen) atoms. The van der Waals surface area contributed by atoms with Crippen LogP contribution in [0.3, 0.4) is 0 Å². The summed E-state index contributed by atoms with van der Waals surface area (Å²) >= 11 is 0. The molecule has 0 bridgehead atoms. The van der Waals surface area contributed by atoms with E-state index in [1.165, 1.54) is 0 Å². The van der Waals surface area contributed by atoms with Crippen LogP contribution in [0.25, 0.3) is 0 Å². The van der Waals surface area contributed by atoms with Gasteiger partial charge in [0.05, 0.1) is 11.6 Å². The molecule has 0 radical (unpaired) electrons. The number of hydrogen-bond acceptors (Lipinski definition) is 4. The normalized spacial score (nSPS) is 19.6. The Labute approximate surface area is 131 Å². The maximum Gasteiger partial charge on any atom is 0.225 e. The van der Waals surface area contributed by atoms with E-state index in [2.05, 4.69) is 15.2 Å². The largest absolute Gasteiger partial charge is 0.359 e. The Morgan fingerprint density at radius 3 is 2.73 bits per heavy atom. The Morgan fingerprint density at radius 1 is 1.32 bits per heavy atom. The third-order valence-corrected chi connectivity index (χ3v) is 4.00. The van der Waals surface area contributed by atoms with Crippen molar-refractivity contribution in [3.8, 4) is 0 Å². The fourth-order valence-corrected chi connectivity index (χ4v) is 2.80. The molecule has 1 aliphatic heterocycles. The molecular formula is C16H24N4O2. The number of amides is 2. The zero-order chi connectivity index (χ0) is 16.1. The van der Waals surface area contributed by atoms with Gasteiger partial charge in [0, 0.05) is 52.4 Å². The molecule has 2 heterocycles. The first-order chi connectivity index (χ1) is 10.5. The van der Waals surface area contributed by atoms with E-state index in [1.807, 2.05) is 25.1 Å². The quantitative estimate of drug-likeness (QED) is 0.879. The van der Waals surface area contributed by atoms with Crippen LogP contribution in [0, 0.1) is 12.8 Å². The second-order valence-corrected chi connectivity index (χ2v) is 5.78. The highest BCUT2D eigenvalue weighted by Gasteiger charge is 2.28. The van der Waals surface area contributed by atoms with E-state index in [-0.39, 0.29) is 17.7 Å². The number of carbonyl (C=O) groups excluding carboxylic acids is 2. The average Bonchev–Trinajstić information content (AvgIpc) is 2.69. The van der Waals surface area contributed by atoms with Gasteiger partial charge >= 0.3 is 0 Å². The molecule has 1 aliphatic rings. The number of aryl methyl sites for hydroxylation is 1. The van der Waals surface area contributed by atoms with Crippen LogP contribution < -0.4 is 5.32 Å². The molecule has 6 nitrogen and oxygen atoms in total. The summed E-state index contributed by atoms with van der Waals surface area (Å²) in [7, 11) is 1.64. The topological polar surface area (TPSA) is 65.5 Å². The Kier molecular flexibility index (Phi) is 5.49. The van der Waals surface area contributed by atoms with Gasteiger partial charge in [-0.25, -0.2) is 0 Å². The Bertz CT molecular complexity index is 547. The number of nitrogens with one attached hydrogen (secondary N) is 1. The molecule has 1 N–H and O–H groups in total. The zero-order valence-electron chi connectivity index (χ0n) is 13.5. The molecule has 0 aromatic carbocycles. The molecule has 0 unspecified atom stereocenters. The molecule has 6 heteroatoms. The maximum absolute atomic E-state index is 12.0. The highest BCUT2D eigenvalue weighted by Crippen LogP contribution is 2.13. The summed E-state index contributed by atoms with van der Waals surface area (Å²) in [6, 6.07) is 5.96. The number of rotatable bonds is 3. The standard InChI is InChI=1S/C16H24N4O2/c1-12-5-4-6-15(18-12)11-19-7-8-20(13(2)21)10-14(9-19)16(22)17-3/h4-6,14H,7-11H2,1-3H3,(H,17,22)/t14-/m0/s1. The molecule has 120 valence electrons. The smallest absolute Gasteiger partial charge is 0.225 e. The van der Waals surface area contributed by atoms with E-state index >= 15 is 0 Å². The van der Waals surface area contributed by atoms with E-state index < -0.39 is 0 Å². The van der Waals surface area contributed by atoms with E-state index in [1.54, 1.807) is 18.9 Å². The van der Waals surface area contributed by atoms with Crippen molar-refractivity contribution in [2.75, 3.05) is 33.2 Å². The van der Waals surface area contributed by atoms with Crippen molar-refractivity contribution >= 4 is 11.8 Å². The predicted molar refractivity (Wildman–Crippen MR) is 84.1 cm³/mol. The first-order valence-electron chi connectivity index (χ1n) is 7.61. The lowest BCUT2D eigenvalue weighted by atomic mass is 10.1. The van der Waals surface area contributed by atoms with Crippen LogP contribution in [0.5, 0.6) is 0 Å². The second-order valence-electron chi connectivity index (χ2n) is 5.78. The molecule has 1 fully saturated rings. The molecule has 2 rings (SSSR count). The minimum Gasteiger partial charge on any atom is -0.359 e. The lowest BCUT2D eigenvalue weighted by molar-refractivity contribution is -0.130. The fraction of sp³-hybridized carbons (Fsp3) is 0.562. The monoisotopic (exact) mass is 304 g/mol. The number of hydrogen-bond donors (Lipinski definition) is 1. The van der Waals surface area contributed by atoms with Gasteiger partial charge in [0.1, 0.15) is 0 Å². The Balaban J connectivity index is 2.10. The van der Waals surface area contributed by atoms with Crippen molar-refractivity contribution < 1.29 is 9.59 Å². The molecule has 1 aromatic rings. The molecule has 1 saturated heterocycles. The van der Waals surface area contributed by atoms with Gasteiger partial charge in [-0.3, -0.25) is 19.5 Å². The van der Waals surface area contributed by atoms with Gasteiger partial charge < -0.3 is 10.2 Å². The van der Waals surface area contributed by atoms with Crippen LogP contribution in [0.1, 0.15) is 18.3 Å². The fourth-order valence-electron chi connectivity index (χ4n) is 2.80. The van der Waals surface area contributed by atoms with E-state index in [4.69, 9.17) is 0 Å². The van der Waals surface area contributed by atoms with Gasteiger partial charge in [0.25, 0.3) is 0 Å². The average molecular weight is 304 g/mol. The lowest BCUT2D eigenvalue weighted by Crippen LogP contribution is -2.40. The van der Waals surface area contributed by atoms with Crippen LogP contribution in [0.15, 0.2) is 18.2 Å². The van der Waals surface area contributed by atoms with Gasteiger partial charge in [-0.15, -0.1) is 0 Å². The Morgan fingerprint density at radius 2 is 2.09 bits per heavy atom. The number of nitrogens with zero attached hydrogens (tertiary/aromatic N) is 3. The van der Waals surface area contributed by atoms with Gasteiger partial charge in [0.15, 0.2) is 0 Å². The molecule has 0 saturated carbocycles. The van der Waals surface area contributed by atoms with Crippen LogP contribution in [-0.4, -0.2) is 59.8 Å². The summed E-state index contributed by atoms with van der Waals surface area (Å²) < 4.78 is 0. The SMILES string of the molecule is CNC(=O)[C@H]1CN(Cc2cccc(C)n2)CCN(C(C)=O)C1. The number of pyridine rings is 1. The van der Waals surface area contributed by atoms with Crippen molar-refractivity contribution in [3.63, 3.8) is 0 Å². The maximum atomic E-state index is 12.0. The highest BCUT2D eigenvalue weighted by atomic mass is 16.2. The molecule has 2 amide bonds. The highest BCUT2D eigenvalue weighted by molar-refractivity contribution is 5.80. The second kappa shape index (κ2) is 7.35. The predicted octanol–water partition coefficient (Wildman–Crippen LogP) is 0.416. The van der Waals surface area contributed by atoms with Crippen molar-refractivity contribution in [3.05, 3.63) is 29.6 Å². The molecular weight excluding hydrogens is 280 g/mol. The van der Waals surface area contributed by atoms with Gasteiger partial charge in [-0.2, -0.15) is 0 Å². The van der Waals surface area contributed by atoms with Crippen molar-refractivity contribution in [1.82, 2.24) is 20.1 Å². The zero-order valence-corrected chi connectivity index (χ0v) is 13.5. The summed E-state index contributed by atoms with van der Waals surface area (Å²) in [4.78, 5) is 32.2. The summed E-state index contributed by atoms with van der Waals surface area (Å²) in [5, 5.41) is 2.70. The third kappa shape index (κ3) is 4.27. The van der Waals surface area contributed by atoms with Gasteiger partial charge in [-0.05, 0) is 19.1 Å². The molecule has 1 aromatic heterocycles. The summed E-state index contributed by atoms with van der Waals surface area (Å²) in [6.07, 6.45) is 0. The summed E-state index contributed by atoms with van der Waals surface area (Å²) in [5.41, 5.74) is 1.98. The minimum atomic E-state index is -0.207. The first kappa shape index (κ1) is 16.4. The summed E-state index contributed by atoms with van der Waals surface area (Å²) in [6.45, 7) is 6.74. The van der Waals surface area contributed by atoms with Gasteiger partial charge in [-0.1, -0.05) is 6.07 Å². The van der Waals surface area contributed by atoms with Gasteiger partial charge in [0.2, 0.25) is 11.8 Å². The van der Waals surface area contributed by atoms with E-state index in [0.29, 0.717) is 26.2 Å². The van der Waals surface area contributed by atoms with Crippen LogP contribution in [-0.2, 0) is 16.1 Å². The Hall–Kier alpha value is -1.95.